The van der Waals surface area contributed by atoms with E-state index in [2.05, 4.69) is 9.47 Å². The highest BCUT2D eigenvalue weighted by Gasteiger charge is 2.20. The van der Waals surface area contributed by atoms with Crippen molar-refractivity contribution in [1.82, 2.24) is 0 Å². The summed E-state index contributed by atoms with van der Waals surface area (Å²) in [6.07, 6.45) is 0.814. The molecule has 1 aromatic rings. The number of ether oxygens (including phenoxy) is 2. The third kappa shape index (κ3) is 5.42. The fourth-order valence-corrected chi connectivity index (χ4v) is 2.58. The number of unbranched alkanes of at least 4 members (excludes halogenated alkanes) is 1. The van der Waals surface area contributed by atoms with Gasteiger partial charge >= 0.3 is 18.1 Å². The molecule has 0 spiro atoms. The number of carbonyl (C=O) groups excluding carboxylic acids is 2. The molecule has 21 heavy (non-hydrogen) atoms. The lowest BCUT2D eigenvalue weighted by Gasteiger charge is -2.03. The van der Waals surface area contributed by atoms with E-state index in [0.717, 1.165) is 4.88 Å². The van der Waals surface area contributed by atoms with Crippen LogP contribution in [0.4, 0.5) is 10.5 Å². The minimum atomic E-state index is -1.06. The molecule has 0 aliphatic rings. The minimum Gasteiger partial charge on any atom is -0.481 e. The zero-order valence-electron chi connectivity index (χ0n) is 11.6. The Morgan fingerprint density at radius 2 is 2.05 bits per heavy atom. The zero-order valence-corrected chi connectivity index (χ0v) is 12.4. The smallest absolute Gasteiger partial charge is 0.481 e. The summed E-state index contributed by atoms with van der Waals surface area (Å²) in [5.41, 5.74) is 6.23. The molecule has 0 saturated carbocycles. The van der Waals surface area contributed by atoms with Crippen LogP contribution in [0, 0.1) is 0 Å². The Morgan fingerprint density at radius 1 is 1.33 bits per heavy atom. The van der Waals surface area contributed by atoms with E-state index < -0.39 is 18.1 Å². The van der Waals surface area contributed by atoms with Gasteiger partial charge in [0.2, 0.25) is 0 Å². The van der Waals surface area contributed by atoms with Crippen molar-refractivity contribution < 1.29 is 29.0 Å². The molecular weight excluding hydrogens is 298 g/mol. The largest absolute Gasteiger partial charge is 0.516 e. The molecule has 1 rings (SSSR count). The molecule has 1 aromatic heterocycles. The van der Waals surface area contributed by atoms with Crippen LogP contribution in [0.3, 0.4) is 0 Å². The van der Waals surface area contributed by atoms with Crippen LogP contribution < -0.4 is 5.73 Å². The number of carbonyl (C=O) groups is 3. The molecular formula is C13H17NO6S. The summed E-state index contributed by atoms with van der Waals surface area (Å²) in [4.78, 5) is 33.9. The number of nitrogens with two attached hydrogens (primary N) is 1. The van der Waals surface area contributed by atoms with Gasteiger partial charge in [-0.1, -0.05) is 0 Å². The summed E-state index contributed by atoms with van der Waals surface area (Å²) < 4.78 is 8.98. The van der Waals surface area contributed by atoms with E-state index in [1.165, 1.54) is 16.7 Å². The van der Waals surface area contributed by atoms with E-state index in [1.807, 2.05) is 0 Å². The Balaban J connectivity index is 2.56. The van der Waals surface area contributed by atoms with E-state index in [1.54, 1.807) is 6.92 Å². The average molecular weight is 315 g/mol. The Kier molecular flexibility index (Phi) is 6.67. The summed E-state index contributed by atoms with van der Waals surface area (Å²) in [6.45, 7) is 1.71. The lowest BCUT2D eigenvalue weighted by atomic mass is 10.1. The van der Waals surface area contributed by atoms with Gasteiger partial charge in [0, 0.05) is 16.7 Å². The van der Waals surface area contributed by atoms with Crippen molar-refractivity contribution in [1.29, 1.82) is 0 Å². The zero-order chi connectivity index (χ0) is 15.8. The van der Waals surface area contributed by atoms with Crippen LogP contribution in [0.5, 0.6) is 0 Å². The number of aryl methyl sites for hydroxylation is 1. The van der Waals surface area contributed by atoms with Gasteiger partial charge in [0.05, 0.1) is 17.9 Å². The summed E-state index contributed by atoms with van der Waals surface area (Å²) in [5, 5.41) is 10.1. The molecule has 0 saturated heterocycles. The first-order valence-corrected chi connectivity index (χ1v) is 7.30. The van der Waals surface area contributed by atoms with Crippen LogP contribution in [0.25, 0.3) is 0 Å². The number of carboxylic acids is 1. The van der Waals surface area contributed by atoms with Gasteiger partial charge in [0.15, 0.2) is 0 Å². The molecule has 0 fully saturated rings. The maximum absolute atomic E-state index is 11.7. The van der Waals surface area contributed by atoms with Crippen molar-refractivity contribution in [2.45, 2.75) is 32.6 Å². The third-order valence-corrected chi connectivity index (χ3v) is 3.67. The highest BCUT2D eigenvalue weighted by atomic mass is 32.1. The number of nitrogen functional groups attached to an aromatic ring is 1. The molecule has 7 nitrogen and oxygen atoms in total. The van der Waals surface area contributed by atoms with Crippen molar-refractivity contribution in [3.63, 3.8) is 0 Å². The SMILES string of the molecule is CCOC(=O)OC(=O)c1csc(CCCCC(=O)O)c1N. The Hall–Kier alpha value is -2.09. The number of hydrogen-bond donors (Lipinski definition) is 2. The quantitative estimate of drug-likeness (QED) is 0.451. The first kappa shape index (κ1) is 17.0. The number of anilines is 1. The highest BCUT2D eigenvalue weighted by Crippen LogP contribution is 2.27. The van der Waals surface area contributed by atoms with Crippen LogP contribution in [0.15, 0.2) is 5.38 Å². The van der Waals surface area contributed by atoms with E-state index in [-0.39, 0.29) is 24.3 Å². The summed E-state index contributed by atoms with van der Waals surface area (Å²) in [5.74, 6) is -1.69. The topological polar surface area (TPSA) is 116 Å². The Morgan fingerprint density at radius 3 is 2.67 bits per heavy atom. The van der Waals surface area contributed by atoms with E-state index in [0.29, 0.717) is 19.3 Å². The molecule has 1 heterocycles. The minimum absolute atomic E-state index is 0.100. The van der Waals surface area contributed by atoms with Crippen molar-refractivity contribution >= 4 is 35.1 Å². The first-order valence-electron chi connectivity index (χ1n) is 6.42. The molecule has 0 aliphatic heterocycles. The van der Waals surface area contributed by atoms with Crippen LogP contribution >= 0.6 is 11.3 Å². The summed E-state index contributed by atoms with van der Waals surface area (Å²) in [7, 11) is 0. The molecule has 0 atom stereocenters. The molecule has 116 valence electrons. The normalized spacial score (nSPS) is 10.1. The molecule has 3 N–H and O–H groups in total. The second-order valence-corrected chi connectivity index (χ2v) is 5.12. The maximum atomic E-state index is 11.7. The third-order valence-electron chi connectivity index (χ3n) is 2.61. The number of rotatable bonds is 7. The number of hydrogen-bond acceptors (Lipinski definition) is 7. The van der Waals surface area contributed by atoms with E-state index >= 15 is 0 Å². The lowest BCUT2D eigenvalue weighted by molar-refractivity contribution is -0.137. The molecule has 0 bridgehead atoms. The number of carboxylic acid groups (broad SMARTS) is 1. The first-order chi connectivity index (χ1) is 9.95. The Bertz CT molecular complexity index is 525. The standard InChI is InChI=1S/C13H17NO6S/c1-2-19-13(18)20-12(17)8-7-21-9(11(8)14)5-3-4-6-10(15)16/h7H,2-6,14H2,1H3,(H,15,16). The molecule has 8 heteroatoms. The van der Waals surface area contributed by atoms with Crippen molar-refractivity contribution in [2.75, 3.05) is 12.3 Å². The number of esters is 1. The van der Waals surface area contributed by atoms with Crippen LogP contribution in [0.1, 0.15) is 41.4 Å². The average Bonchev–Trinajstić information content (AvgIpc) is 2.76. The number of thiophene rings is 1. The van der Waals surface area contributed by atoms with Crippen molar-refractivity contribution in [3.8, 4) is 0 Å². The predicted octanol–water partition coefficient (Wildman–Crippen LogP) is 2.44. The van der Waals surface area contributed by atoms with Crippen LogP contribution in [-0.2, 0) is 20.7 Å². The van der Waals surface area contributed by atoms with Gasteiger partial charge < -0.3 is 20.3 Å². The van der Waals surface area contributed by atoms with Crippen LogP contribution in [0.2, 0.25) is 0 Å². The van der Waals surface area contributed by atoms with E-state index in [9.17, 15) is 14.4 Å². The predicted molar refractivity (Wildman–Crippen MR) is 76.4 cm³/mol. The second-order valence-electron chi connectivity index (χ2n) is 4.16. The van der Waals surface area contributed by atoms with Gasteiger partial charge in [-0.3, -0.25) is 4.79 Å². The Labute approximate surface area is 125 Å². The van der Waals surface area contributed by atoms with E-state index in [4.69, 9.17) is 10.8 Å². The molecule has 0 amide bonds. The van der Waals surface area contributed by atoms with Crippen molar-refractivity contribution in [3.05, 3.63) is 15.8 Å². The van der Waals surface area contributed by atoms with Gasteiger partial charge in [-0.25, -0.2) is 9.59 Å². The fourth-order valence-electron chi connectivity index (χ4n) is 1.60. The van der Waals surface area contributed by atoms with Crippen LogP contribution in [-0.4, -0.2) is 29.8 Å². The van der Waals surface area contributed by atoms with Crippen molar-refractivity contribution in [2.24, 2.45) is 0 Å². The number of aliphatic carboxylic acids is 1. The summed E-state index contributed by atoms with van der Waals surface area (Å²) in [6, 6.07) is 0. The van der Waals surface area contributed by atoms with Gasteiger partial charge in [-0.15, -0.1) is 11.3 Å². The molecule has 0 unspecified atom stereocenters. The molecule has 0 aliphatic carbocycles. The monoisotopic (exact) mass is 315 g/mol. The second kappa shape index (κ2) is 8.25. The maximum Gasteiger partial charge on any atom is 0.516 e. The van der Waals surface area contributed by atoms with Gasteiger partial charge in [-0.2, -0.15) is 0 Å². The highest BCUT2D eigenvalue weighted by molar-refractivity contribution is 7.10. The lowest BCUT2D eigenvalue weighted by Crippen LogP contribution is -2.14. The molecule has 0 aromatic carbocycles. The van der Waals surface area contributed by atoms with Gasteiger partial charge in [-0.05, 0) is 26.2 Å². The molecule has 0 radical (unpaired) electrons. The van der Waals surface area contributed by atoms with Gasteiger partial charge in [0.1, 0.15) is 0 Å². The summed E-state index contributed by atoms with van der Waals surface area (Å²) >= 11 is 1.28. The fraction of sp³-hybridized carbons (Fsp3) is 0.462. The van der Waals surface area contributed by atoms with Gasteiger partial charge in [0.25, 0.3) is 0 Å².